The van der Waals surface area contributed by atoms with Gasteiger partial charge in [0.1, 0.15) is 5.60 Å². The average Bonchev–Trinajstić information content (AvgIpc) is 2.47. The maximum atomic E-state index is 12.6. The summed E-state index contributed by atoms with van der Waals surface area (Å²) in [6.07, 6.45) is -1.88. The highest BCUT2D eigenvalue weighted by molar-refractivity contribution is 5.69. The van der Waals surface area contributed by atoms with E-state index in [1.54, 1.807) is 25.7 Å². The molecule has 6 nitrogen and oxygen atoms in total. The third kappa shape index (κ3) is 5.20. The van der Waals surface area contributed by atoms with Gasteiger partial charge in [-0.1, -0.05) is 0 Å². The summed E-state index contributed by atoms with van der Waals surface area (Å²) >= 11 is 0. The van der Waals surface area contributed by atoms with Crippen molar-refractivity contribution in [2.24, 2.45) is 0 Å². The number of hydrogen-bond donors (Lipinski definition) is 1. The molecule has 1 N–H and O–H groups in total. The zero-order valence-corrected chi connectivity index (χ0v) is 14.7. The summed E-state index contributed by atoms with van der Waals surface area (Å²) < 4.78 is 43.1. The van der Waals surface area contributed by atoms with Crippen molar-refractivity contribution in [1.82, 2.24) is 14.9 Å². The summed E-state index contributed by atoms with van der Waals surface area (Å²) in [7, 11) is 0. The number of nitrogens with one attached hydrogen (secondary N) is 1. The topological polar surface area (TPSA) is 67.4 Å². The van der Waals surface area contributed by atoms with E-state index in [2.05, 4.69) is 15.3 Å². The molecular formula is C16H23F3N4O2. The Morgan fingerprint density at radius 1 is 1.28 bits per heavy atom. The van der Waals surface area contributed by atoms with Crippen molar-refractivity contribution in [3.8, 4) is 0 Å². The van der Waals surface area contributed by atoms with Crippen molar-refractivity contribution in [2.45, 2.75) is 64.4 Å². The quantitative estimate of drug-likeness (QED) is 0.871. The number of nitrogens with zero attached hydrogens (tertiary/aromatic N) is 3. The number of carbonyl (C=O) groups excluding carboxylic acids is 1. The van der Waals surface area contributed by atoms with Gasteiger partial charge in [-0.15, -0.1) is 0 Å². The lowest BCUT2D eigenvalue weighted by Gasteiger charge is -2.40. The van der Waals surface area contributed by atoms with Gasteiger partial charge in [-0.25, -0.2) is 14.8 Å². The van der Waals surface area contributed by atoms with Crippen molar-refractivity contribution in [3.05, 3.63) is 18.0 Å². The largest absolute Gasteiger partial charge is 0.444 e. The molecule has 0 saturated carbocycles. The van der Waals surface area contributed by atoms with Gasteiger partial charge in [0, 0.05) is 25.0 Å². The Labute approximate surface area is 144 Å². The molecule has 0 spiro atoms. The van der Waals surface area contributed by atoms with Crippen LogP contribution in [0.15, 0.2) is 12.4 Å². The number of alkyl halides is 3. The van der Waals surface area contributed by atoms with Gasteiger partial charge in [-0.2, -0.15) is 13.2 Å². The molecule has 1 fully saturated rings. The molecule has 0 aliphatic carbocycles. The number of hydrogen-bond acceptors (Lipinski definition) is 5. The molecule has 2 heterocycles. The Balaban J connectivity index is 2.03. The Morgan fingerprint density at radius 2 is 1.88 bits per heavy atom. The van der Waals surface area contributed by atoms with Crippen molar-refractivity contribution >= 4 is 12.0 Å². The van der Waals surface area contributed by atoms with Gasteiger partial charge in [0.05, 0.1) is 11.6 Å². The number of carbonyl (C=O) groups is 1. The summed E-state index contributed by atoms with van der Waals surface area (Å²) in [5, 5.41) is 3.02. The lowest BCUT2D eigenvalue weighted by Crippen LogP contribution is -2.53. The molecule has 1 saturated heterocycles. The maximum Gasteiger partial charge on any atom is 0.419 e. The molecule has 1 aromatic heterocycles. The Bertz CT molecular complexity index is 599. The van der Waals surface area contributed by atoms with Crippen LogP contribution in [0.1, 0.15) is 46.1 Å². The van der Waals surface area contributed by atoms with E-state index in [4.69, 9.17) is 4.74 Å². The minimum atomic E-state index is -4.47. The third-order valence-electron chi connectivity index (χ3n) is 3.91. The molecule has 2 atom stereocenters. The van der Waals surface area contributed by atoms with E-state index in [9.17, 15) is 18.0 Å². The second-order valence-corrected chi connectivity index (χ2v) is 7.10. The van der Waals surface area contributed by atoms with Gasteiger partial charge in [0.15, 0.2) is 0 Å². The molecule has 1 aliphatic heterocycles. The van der Waals surface area contributed by atoms with Gasteiger partial charge >= 0.3 is 12.3 Å². The number of rotatable bonds is 2. The fourth-order valence-corrected chi connectivity index (χ4v) is 2.63. The lowest BCUT2D eigenvalue weighted by molar-refractivity contribution is -0.138. The summed E-state index contributed by atoms with van der Waals surface area (Å²) in [5.74, 6) is 0.107. The van der Waals surface area contributed by atoms with Gasteiger partial charge in [-0.05, 0) is 40.5 Å². The lowest BCUT2D eigenvalue weighted by atomic mass is 9.98. The molecule has 0 bridgehead atoms. The summed E-state index contributed by atoms with van der Waals surface area (Å²) in [6.45, 7) is 7.83. The van der Waals surface area contributed by atoms with E-state index in [1.807, 2.05) is 6.92 Å². The number of likely N-dealkylation sites (tertiary alicyclic amines) is 1. The van der Waals surface area contributed by atoms with Crippen molar-refractivity contribution < 1.29 is 22.7 Å². The van der Waals surface area contributed by atoms with Crippen LogP contribution in [0.3, 0.4) is 0 Å². The average molecular weight is 360 g/mol. The zero-order valence-electron chi connectivity index (χ0n) is 14.7. The van der Waals surface area contributed by atoms with Gasteiger partial charge < -0.3 is 15.0 Å². The van der Waals surface area contributed by atoms with E-state index < -0.39 is 23.4 Å². The van der Waals surface area contributed by atoms with Crippen LogP contribution in [0.25, 0.3) is 0 Å². The van der Waals surface area contributed by atoms with Crippen LogP contribution in [0.5, 0.6) is 0 Å². The normalized spacial score (nSPS) is 21.8. The predicted octanol–water partition coefficient (Wildman–Crippen LogP) is 3.70. The molecule has 1 amide bonds. The van der Waals surface area contributed by atoms with Gasteiger partial charge in [-0.3, -0.25) is 0 Å². The standard InChI is InChI=1S/C16H23F3N4O2/c1-10-12(6-5-7-23(10)14(24)25-15(2,3)4)22-13-20-8-11(9-21-13)16(17,18)19/h8-10,12H,5-7H2,1-4H3,(H,20,21,22)/t10-,12+/m0/s1. The number of halogens is 3. The first-order valence-electron chi connectivity index (χ1n) is 8.13. The maximum absolute atomic E-state index is 12.6. The van der Waals surface area contributed by atoms with Crippen molar-refractivity contribution in [2.75, 3.05) is 11.9 Å². The monoisotopic (exact) mass is 360 g/mol. The van der Waals surface area contributed by atoms with Crippen LogP contribution < -0.4 is 5.32 Å². The van der Waals surface area contributed by atoms with Crippen molar-refractivity contribution in [3.63, 3.8) is 0 Å². The van der Waals surface area contributed by atoms with Gasteiger partial charge in [0.25, 0.3) is 0 Å². The molecule has 1 aliphatic rings. The fraction of sp³-hybridized carbons (Fsp3) is 0.688. The number of ether oxygens (including phenoxy) is 1. The number of aromatic nitrogens is 2. The minimum absolute atomic E-state index is 0.107. The van der Waals surface area contributed by atoms with E-state index >= 15 is 0 Å². The first-order chi connectivity index (χ1) is 11.5. The smallest absolute Gasteiger partial charge is 0.419 e. The molecule has 1 aromatic rings. The highest BCUT2D eigenvalue weighted by atomic mass is 19.4. The Morgan fingerprint density at radius 3 is 2.40 bits per heavy atom. The van der Waals surface area contributed by atoms with E-state index in [0.717, 1.165) is 25.2 Å². The fourth-order valence-electron chi connectivity index (χ4n) is 2.63. The molecular weight excluding hydrogens is 337 g/mol. The SMILES string of the molecule is C[C@H]1[C@H](Nc2ncc(C(F)(F)F)cn2)CCCN1C(=O)OC(C)(C)C. The van der Waals surface area contributed by atoms with Crippen molar-refractivity contribution in [1.29, 1.82) is 0 Å². The van der Waals surface area contributed by atoms with Crippen LogP contribution in [-0.4, -0.2) is 45.2 Å². The van der Waals surface area contributed by atoms with Gasteiger partial charge in [0.2, 0.25) is 5.95 Å². The first-order valence-corrected chi connectivity index (χ1v) is 8.13. The highest BCUT2D eigenvalue weighted by Gasteiger charge is 2.35. The molecule has 0 unspecified atom stereocenters. The summed E-state index contributed by atoms with van der Waals surface area (Å²) in [4.78, 5) is 21.4. The van der Waals surface area contributed by atoms with Crippen LogP contribution in [0.2, 0.25) is 0 Å². The summed E-state index contributed by atoms with van der Waals surface area (Å²) in [5.41, 5.74) is -1.49. The molecule has 140 valence electrons. The number of amides is 1. The van der Waals surface area contributed by atoms with Crippen LogP contribution in [-0.2, 0) is 10.9 Å². The first kappa shape index (κ1) is 19.3. The second kappa shape index (κ2) is 7.05. The van der Waals surface area contributed by atoms with E-state index in [0.29, 0.717) is 6.54 Å². The molecule has 0 radical (unpaired) electrons. The minimum Gasteiger partial charge on any atom is -0.444 e. The molecule has 9 heteroatoms. The predicted molar refractivity (Wildman–Crippen MR) is 86.1 cm³/mol. The zero-order chi connectivity index (χ0) is 18.8. The number of anilines is 1. The molecule has 2 rings (SSSR count). The van der Waals surface area contributed by atoms with E-state index in [-0.39, 0.29) is 18.0 Å². The van der Waals surface area contributed by atoms with Crippen LogP contribution in [0.4, 0.5) is 23.9 Å². The molecule has 25 heavy (non-hydrogen) atoms. The Kier molecular flexibility index (Phi) is 5.43. The highest BCUT2D eigenvalue weighted by Crippen LogP contribution is 2.28. The van der Waals surface area contributed by atoms with Crippen LogP contribution >= 0.6 is 0 Å². The summed E-state index contributed by atoms with van der Waals surface area (Å²) in [6, 6.07) is -0.368. The second-order valence-electron chi connectivity index (χ2n) is 7.10. The van der Waals surface area contributed by atoms with Crippen LogP contribution in [0, 0.1) is 0 Å². The third-order valence-corrected chi connectivity index (χ3v) is 3.91. The molecule has 0 aromatic carbocycles. The van der Waals surface area contributed by atoms with E-state index in [1.165, 1.54) is 0 Å². The Hall–Kier alpha value is -2.06. The number of piperidine rings is 1.